The molecule has 1 aromatic heterocycles. The number of aryl methyl sites for hydroxylation is 1. The minimum atomic E-state index is 0.0344. The summed E-state index contributed by atoms with van der Waals surface area (Å²) in [6.45, 7) is 25.9. The third-order valence-corrected chi connectivity index (χ3v) is 9.33. The topological polar surface area (TPSA) is 64.5 Å². The molecule has 46 heavy (non-hydrogen) atoms. The summed E-state index contributed by atoms with van der Waals surface area (Å²) < 4.78 is 11.5. The Balaban J connectivity index is 0.000000856. The zero-order valence-corrected chi connectivity index (χ0v) is 31.2. The summed E-state index contributed by atoms with van der Waals surface area (Å²) in [6, 6.07) is 5.71. The molecule has 1 N–H and O–H groups in total. The molecule has 0 amide bonds. The third kappa shape index (κ3) is 8.70. The van der Waals surface area contributed by atoms with Gasteiger partial charge in [0.15, 0.2) is 0 Å². The SMILES string of the molecule is CC.CC.CC.CC.CCOc1ccc(C2C(C)=c3c(C)nnc(C4CCC(CC5=CC6OCCC6C=C5)CC4)c3=C2C)c(O)c1. The molecule has 1 saturated carbocycles. The number of rotatable bonds is 6. The number of aromatic hydroxyl groups is 1. The number of phenolic OH excluding ortho intramolecular Hbond substituents is 1. The highest BCUT2D eigenvalue weighted by Crippen LogP contribution is 2.42. The molecular weight excluding hydrogens is 568 g/mol. The van der Waals surface area contributed by atoms with Crippen molar-refractivity contribution in [3.05, 3.63) is 69.4 Å². The predicted octanol–water partition coefficient (Wildman–Crippen LogP) is 9.70. The number of benzene rings is 1. The molecule has 0 spiro atoms. The first-order valence-corrected chi connectivity index (χ1v) is 18.5. The maximum Gasteiger partial charge on any atom is 0.123 e. The number of fused-ring (bicyclic) bond motifs is 2. The van der Waals surface area contributed by atoms with Crippen LogP contribution in [0.25, 0.3) is 11.1 Å². The van der Waals surface area contributed by atoms with E-state index < -0.39 is 0 Å². The van der Waals surface area contributed by atoms with E-state index in [0.29, 0.717) is 30.3 Å². The van der Waals surface area contributed by atoms with Gasteiger partial charge < -0.3 is 14.6 Å². The van der Waals surface area contributed by atoms with Crippen molar-refractivity contribution >= 4 is 11.1 Å². The smallest absolute Gasteiger partial charge is 0.123 e. The molecule has 5 heteroatoms. The van der Waals surface area contributed by atoms with Crippen molar-refractivity contribution < 1.29 is 14.6 Å². The van der Waals surface area contributed by atoms with Crippen molar-refractivity contribution in [1.29, 1.82) is 0 Å². The van der Waals surface area contributed by atoms with E-state index in [2.05, 4.69) is 44.1 Å². The average molecular weight is 633 g/mol. The average Bonchev–Trinajstić information content (AvgIpc) is 3.68. The molecule has 3 aliphatic carbocycles. The van der Waals surface area contributed by atoms with Gasteiger partial charge in [-0.3, -0.25) is 0 Å². The van der Waals surface area contributed by atoms with E-state index in [4.69, 9.17) is 14.6 Å². The van der Waals surface area contributed by atoms with Gasteiger partial charge in [0.25, 0.3) is 0 Å². The predicted molar refractivity (Wildman–Crippen MR) is 196 cm³/mol. The number of phenols is 1. The zero-order chi connectivity index (χ0) is 34.4. The molecule has 4 aliphatic rings. The lowest BCUT2D eigenvalue weighted by Crippen LogP contribution is -2.35. The van der Waals surface area contributed by atoms with E-state index in [1.807, 2.05) is 74.4 Å². The fourth-order valence-electron chi connectivity index (χ4n) is 7.44. The van der Waals surface area contributed by atoms with Crippen LogP contribution in [0.2, 0.25) is 0 Å². The van der Waals surface area contributed by atoms with Gasteiger partial charge in [-0.15, -0.1) is 0 Å². The lowest BCUT2D eigenvalue weighted by molar-refractivity contribution is 0.133. The molecule has 0 radical (unpaired) electrons. The summed E-state index contributed by atoms with van der Waals surface area (Å²) >= 11 is 0. The molecular formula is C41H64N2O3. The van der Waals surface area contributed by atoms with Gasteiger partial charge in [-0.05, 0) is 83.8 Å². The zero-order valence-electron chi connectivity index (χ0n) is 31.2. The van der Waals surface area contributed by atoms with Gasteiger partial charge in [-0.2, -0.15) is 10.2 Å². The Hall–Kier alpha value is -2.92. The number of hydrogen-bond donors (Lipinski definition) is 1. The first-order valence-electron chi connectivity index (χ1n) is 18.5. The Labute approximate surface area is 280 Å². The maximum absolute atomic E-state index is 10.9. The molecule has 1 aliphatic heterocycles. The van der Waals surface area contributed by atoms with Crippen LogP contribution in [0.5, 0.6) is 11.5 Å². The summed E-state index contributed by atoms with van der Waals surface area (Å²) in [6.07, 6.45) is 14.5. The lowest BCUT2D eigenvalue weighted by Gasteiger charge is -2.29. The Morgan fingerprint density at radius 1 is 0.848 bits per heavy atom. The van der Waals surface area contributed by atoms with Crippen molar-refractivity contribution in [3.8, 4) is 11.5 Å². The maximum atomic E-state index is 10.9. The van der Waals surface area contributed by atoms with Crippen LogP contribution < -0.4 is 15.2 Å². The number of ether oxygens (including phenoxy) is 2. The standard InChI is InChI=1S/C33H40N2O3.4C2H6/c1-5-37-26-12-13-27(28(36)18-26)30-19(2)31-21(4)34-35-33(32(31)20(30)3)25-10-6-22(7-11-25)16-23-8-9-24-14-15-38-29(24)17-23;4*1-2/h8-9,12-13,17-18,22,24-25,29-30,36H,5-7,10-11,14-16H2,1-4H3;4*1-2H3. The van der Waals surface area contributed by atoms with Crippen LogP contribution in [0.4, 0.5) is 0 Å². The van der Waals surface area contributed by atoms with E-state index in [1.165, 1.54) is 40.0 Å². The van der Waals surface area contributed by atoms with Gasteiger partial charge in [0.2, 0.25) is 0 Å². The molecule has 6 rings (SSSR count). The highest BCUT2D eigenvalue weighted by molar-refractivity contribution is 5.78. The van der Waals surface area contributed by atoms with Gasteiger partial charge >= 0.3 is 0 Å². The molecule has 2 fully saturated rings. The number of nitrogens with zero attached hydrogens (tertiary/aromatic N) is 2. The normalized spacial score (nSPS) is 23.9. The van der Waals surface area contributed by atoms with Crippen molar-refractivity contribution in [2.24, 2.45) is 11.8 Å². The van der Waals surface area contributed by atoms with E-state index in [-0.39, 0.29) is 11.7 Å². The molecule has 0 bridgehead atoms. The Morgan fingerprint density at radius 3 is 2.13 bits per heavy atom. The highest BCUT2D eigenvalue weighted by Gasteiger charge is 2.32. The quantitative estimate of drug-likeness (QED) is 0.344. The summed E-state index contributed by atoms with van der Waals surface area (Å²) in [4.78, 5) is 0. The number of hydrogen-bond acceptors (Lipinski definition) is 5. The summed E-state index contributed by atoms with van der Waals surface area (Å²) in [7, 11) is 0. The Bertz CT molecular complexity index is 1420. The van der Waals surface area contributed by atoms with E-state index in [1.54, 1.807) is 6.07 Å². The van der Waals surface area contributed by atoms with Crippen LogP contribution in [0.15, 0.2) is 42.0 Å². The second-order valence-electron chi connectivity index (χ2n) is 11.7. The van der Waals surface area contributed by atoms with Crippen LogP contribution in [0.3, 0.4) is 0 Å². The van der Waals surface area contributed by atoms with Gasteiger partial charge in [0, 0.05) is 46.4 Å². The molecule has 3 unspecified atom stereocenters. The van der Waals surface area contributed by atoms with Gasteiger partial charge in [-0.1, -0.05) is 90.8 Å². The van der Waals surface area contributed by atoms with Gasteiger partial charge in [0.1, 0.15) is 11.5 Å². The summed E-state index contributed by atoms with van der Waals surface area (Å²) in [5.74, 6) is 2.76. The van der Waals surface area contributed by atoms with Crippen LogP contribution >= 0.6 is 0 Å². The lowest BCUT2D eigenvalue weighted by atomic mass is 9.76. The highest BCUT2D eigenvalue weighted by atomic mass is 16.5. The van der Waals surface area contributed by atoms with E-state index in [9.17, 15) is 5.11 Å². The summed E-state index contributed by atoms with van der Waals surface area (Å²) in [5.41, 5.74) is 7.05. The van der Waals surface area contributed by atoms with Crippen molar-refractivity contribution in [3.63, 3.8) is 0 Å². The van der Waals surface area contributed by atoms with Crippen molar-refractivity contribution in [1.82, 2.24) is 10.2 Å². The fraction of sp³-hybridized carbons (Fsp3) is 0.610. The van der Waals surface area contributed by atoms with E-state index >= 15 is 0 Å². The summed E-state index contributed by atoms with van der Waals surface area (Å²) in [5, 5.41) is 22.9. The second-order valence-corrected chi connectivity index (χ2v) is 11.7. The number of allylic oxidation sites excluding steroid dienone is 2. The molecule has 1 aromatic carbocycles. The fourth-order valence-corrected chi connectivity index (χ4v) is 7.44. The largest absolute Gasteiger partial charge is 0.507 e. The monoisotopic (exact) mass is 632 g/mol. The van der Waals surface area contributed by atoms with Crippen LogP contribution in [0, 0.1) is 18.8 Å². The van der Waals surface area contributed by atoms with Gasteiger partial charge in [0.05, 0.1) is 24.1 Å². The minimum absolute atomic E-state index is 0.0344. The molecule has 1 saturated heterocycles. The first-order chi connectivity index (χ1) is 22.4. The Kier molecular flexibility index (Phi) is 16.8. The van der Waals surface area contributed by atoms with Gasteiger partial charge in [-0.25, -0.2) is 0 Å². The second kappa shape index (κ2) is 19.7. The third-order valence-electron chi connectivity index (χ3n) is 9.33. The first kappa shape index (κ1) is 39.3. The van der Waals surface area contributed by atoms with Crippen molar-refractivity contribution in [2.75, 3.05) is 13.2 Å². The molecule has 2 heterocycles. The molecule has 256 valence electrons. The Morgan fingerprint density at radius 2 is 1.50 bits per heavy atom. The van der Waals surface area contributed by atoms with E-state index in [0.717, 1.165) is 55.2 Å². The van der Waals surface area contributed by atoms with Crippen molar-refractivity contribution in [2.45, 2.75) is 140 Å². The molecule has 2 aromatic rings. The molecule has 3 atom stereocenters. The molecule has 5 nitrogen and oxygen atoms in total. The number of aromatic nitrogens is 2. The minimum Gasteiger partial charge on any atom is -0.507 e. The van der Waals surface area contributed by atoms with Crippen LogP contribution in [-0.2, 0) is 4.74 Å². The van der Waals surface area contributed by atoms with Crippen LogP contribution in [-0.4, -0.2) is 34.6 Å². The van der Waals surface area contributed by atoms with Crippen LogP contribution in [0.1, 0.15) is 143 Å².